The Hall–Kier alpha value is -2.65. The zero-order valence-corrected chi connectivity index (χ0v) is 18.2. The number of halogens is 2. The predicted octanol–water partition coefficient (Wildman–Crippen LogP) is 2.57. The molecule has 4 aromatic rings. The number of aromatic nitrogens is 4. The van der Waals surface area contributed by atoms with Crippen LogP contribution in [-0.4, -0.2) is 18.7 Å². The summed E-state index contributed by atoms with van der Waals surface area (Å²) in [6.07, 6.45) is 0.700. The molecule has 0 bridgehead atoms. The lowest BCUT2D eigenvalue weighted by atomic mass is 10.1. The average Bonchev–Trinajstić information content (AvgIpc) is 3.01. The maximum atomic E-state index is 12.5. The zero-order valence-electron chi connectivity index (χ0n) is 15.8. The van der Waals surface area contributed by atoms with Gasteiger partial charge >= 0.3 is 11.3 Å². The fourth-order valence-corrected chi connectivity index (χ4v) is 4.23. The van der Waals surface area contributed by atoms with Gasteiger partial charge in [0.05, 0.1) is 6.54 Å². The molecule has 0 saturated carbocycles. The molecule has 3 heterocycles. The number of nitrogens with zero attached hydrogens (tertiary/aromatic N) is 4. The molecule has 150 valence electrons. The number of hydrogen-bond donors (Lipinski definition) is 0. The van der Waals surface area contributed by atoms with Crippen LogP contribution in [0.5, 0.6) is 0 Å². The molecule has 10 heteroatoms. The number of benzene rings is 1. The summed E-state index contributed by atoms with van der Waals surface area (Å²) in [4.78, 5) is 41.3. The second-order valence-electron chi connectivity index (χ2n) is 6.73. The summed E-state index contributed by atoms with van der Waals surface area (Å²) in [7, 11) is 2.97. The molecule has 8 nitrogen and oxygen atoms in total. The maximum absolute atomic E-state index is 12.5. The summed E-state index contributed by atoms with van der Waals surface area (Å²) < 4.78 is 9.74. The summed E-state index contributed by atoms with van der Waals surface area (Å²) in [5.41, 5.74) is 0.984. The molecule has 0 aliphatic rings. The largest absolute Gasteiger partial charge is 0.423 e. The van der Waals surface area contributed by atoms with Gasteiger partial charge < -0.3 is 4.42 Å². The lowest BCUT2D eigenvalue weighted by molar-refractivity contribution is 0.557. The molecule has 29 heavy (non-hydrogen) atoms. The van der Waals surface area contributed by atoms with Crippen molar-refractivity contribution < 1.29 is 4.42 Å². The highest BCUT2D eigenvalue weighted by Gasteiger charge is 2.19. The van der Waals surface area contributed by atoms with Gasteiger partial charge in [-0.25, -0.2) is 14.6 Å². The summed E-state index contributed by atoms with van der Waals surface area (Å²) in [6, 6.07) is 4.90. The SMILES string of the molecule is CCc1cc2oc(=O)cc(Cn3c(Br)nc4c(=O)n(C)c(=O)n(C)c43)c2cc1Cl. The van der Waals surface area contributed by atoms with Crippen LogP contribution in [0.2, 0.25) is 5.02 Å². The van der Waals surface area contributed by atoms with Gasteiger partial charge in [-0.2, -0.15) is 0 Å². The summed E-state index contributed by atoms with van der Waals surface area (Å²) in [5, 5.41) is 1.25. The minimum Gasteiger partial charge on any atom is -0.423 e. The Morgan fingerprint density at radius 1 is 1.10 bits per heavy atom. The van der Waals surface area contributed by atoms with Crippen molar-refractivity contribution >= 4 is 49.7 Å². The van der Waals surface area contributed by atoms with E-state index < -0.39 is 16.9 Å². The van der Waals surface area contributed by atoms with Gasteiger partial charge in [0.1, 0.15) is 5.58 Å². The topological polar surface area (TPSA) is 92.0 Å². The van der Waals surface area contributed by atoms with E-state index in [1.54, 1.807) is 23.7 Å². The standard InChI is InChI=1S/C19H16BrClN4O4/c1-4-9-5-13-11(7-12(9)21)10(6-14(26)29-13)8-25-16-15(22-18(25)20)17(27)24(3)19(28)23(16)2/h5-7H,4,8H2,1-3H3. The van der Waals surface area contributed by atoms with E-state index in [4.69, 9.17) is 16.0 Å². The molecule has 3 aromatic heterocycles. The predicted molar refractivity (Wildman–Crippen MR) is 114 cm³/mol. The minimum atomic E-state index is -0.498. The van der Waals surface area contributed by atoms with Crippen LogP contribution in [0.1, 0.15) is 18.1 Å². The van der Waals surface area contributed by atoms with Gasteiger partial charge in [0.25, 0.3) is 5.56 Å². The summed E-state index contributed by atoms with van der Waals surface area (Å²) in [6.45, 7) is 2.15. The van der Waals surface area contributed by atoms with Crippen LogP contribution in [0.25, 0.3) is 22.1 Å². The summed E-state index contributed by atoms with van der Waals surface area (Å²) >= 11 is 9.73. The van der Waals surface area contributed by atoms with Crippen LogP contribution in [0.4, 0.5) is 0 Å². The van der Waals surface area contributed by atoms with Gasteiger partial charge in [0.2, 0.25) is 0 Å². The van der Waals surface area contributed by atoms with E-state index in [0.29, 0.717) is 38.4 Å². The van der Waals surface area contributed by atoms with Crippen LogP contribution in [0.3, 0.4) is 0 Å². The number of rotatable bonds is 3. The van der Waals surface area contributed by atoms with Crippen molar-refractivity contribution in [2.24, 2.45) is 14.1 Å². The first-order chi connectivity index (χ1) is 13.7. The minimum absolute atomic E-state index is 0.153. The first-order valence-electron chi connectivity index (χ1n) is 8.79. The van der Waals surface area contributed by atoms with Crippen molar-refractivity contribution in [1.29, 1.82) is 0 Å². The third-order valence-electron chi connectivity index (χ3n) is 5.00. The molecule has 0 spiro atoms. The Morgan fingerprint density at radius 2 is 1.83 bits per heavy atom. The molecule has 0 saturated heterocycles. The number of fused-ring (bicyclic) bond motifs is 2. The van der Waals surface area contributed by atoms with E-state index in [9.17, 15) is 14.4 Å². The first kappa shape index (κ1) is 19.7. The van der Waals surface area contributed by atoms with Crippen LogP contribution in [-0.2, 0) is 27.1 Å². The molecule has 0 atom stereocenters. The van der Waals surface area contributed by atoms with E-state index in [1.807, 2.05) is 6.92 Å². The average molecular weight is 480 g/mol. The van der Waals surface area contributed by atoms with Gasteiger partial charge in [0, 0.05) is 30.6 Å². The lowest BCUT2D eigenvalue weighted by Gasteiger charge is -2.12. The molecular weight excluding hydrogens is 464 g/mol. The molecule has 0 N–H and O–H groups in total. The normalized spacial score (nSPS) is 11.6. The molecule has 0 amide bonds. The monoisotopic (exact) mass is 478 g/mol. The van der Waals surface area contributed by atoms with E-state index in [2.05, 4.69) is 20.9 Å². The van der Waals surface area contributed by atoms with E-state index in [1.165, 1.54) is 17.7 Å². The highest BCUT2D eigenvalue weighted by atomic mass is 79.9. The Bertz CT molecular complexity index is 1480. The second-order valence-corrected chi connectivity index (χ2v) is 7.85. The Kier molecular flexibility index (Phi) is 4.74. The van der Waals surface area contributed by atoms with Crippen molar-refractivity contribution in [3.63, 3.8) is 0 Å². The quantitative estimate of drug-likeness (QED) is 0.333. The van der Waals surface area contributed by atoms with Gasteiger partial charge in [-0.1, -0.05) is 18.5 Å². The highest BCUT2D eigenvalue weighted by molar-refractivity contribution is 9.10. The summed E-state index contributed by atoms with van der Waals surface area (Å²) in [5.74, 6) is 0. The molecule has 0 aliphatic heterocycles. The molecule has 0 aliphatic carbocycles. The molecule has 0 unspecified atom stereocenters. The first-order valence-corrected chi connectivity index (χ1v) is 9.97. The highest BCUT2D eigenvalue weighted by Crippen LogP contribution is 2.28. The Balaban J connectivity index is 2.01. The number of aryl methyl sites for hydroxylation is 2. The van der Waals surface area contributed by atoms with Crippen molar-refractivity contribution in [3.8, 4) is 0 Å². The molecule has 1 aromatic carbocycles. The van der Waals surface area contributed by atoms with Crippen molar-refractivity contribution in [2.45, 2.75) is 19.9 Å². The van der Waals surface area contributed by atoms with Crippen molar-refractivity contribution in [1.82, 2.24) is 18.7 Å². The smallest absolute Gasteiger partial charge is 0.336 e. The third kappa shape index (κ3) is 3.05. The molecular formula is C19H16BrClN4O4. The Labute approximate surface area is 177 Å². The molecule has 0 radical (unpaired) electrons. The number of imidazole rings is 1. The van der Waals surface area contributed by atoms with Crippen LogP contribution in [0.15, 0.2) is 41.7 Å². The van der Waals surface area contributed by atoms with Gasteiger partial charge in [-0.15, -0.1) is 0 Å². The van der Waals surface area contributed by atoms with Crippen molar-refractivity contribution in [2.75, 3.05) is 0 Å². The third-order valence-corrected chi connectivity index (χ3v) is 5.96. The van der Waals surface area contributed by atoms with Crippen LogP contribution in [0, 0.1) is 0 Å². The molecule has 4 rings (SSSR count). The molecule has 0 fully saturated rings. The van der Waals surface area contributed by atoms with Crippen LogP contribution >= 0.6 is 27.5 Å². The number of hydrogen-bond acceptors (Lipinski definition) is 5. The maximum Gasteiger partial charge on any atom is 0.336 e. The van der Waals surface area contributed by atoms with Gasteiger partial charge in [0.15, 0.2) is 15.9 Å². The Morgan fingerprint density at radius 3 is 2.52 bits per heavy atom. The van der Waals surface area contributed by atoms with Crippen LogP contribution < -0.4 is 16.9 Å². The lowest BCUT2D eigenvalue weighted by Crippen LogP contribution is -2.37. The fourth-order valence-electron chi connectivity index (χ4n) is 3.46. The van der Waals surface area contributed by atoms with E-state index in [0.717, 1.165) is 10.1 Å². The zero-order chi connectivity index (χ0) is 21.0. The second kappa shape index (κ2) is 7.00. The van der Waals surface area contributed by atoms with Crippen molar-refractivity contribution in [3.05, 3.63) is 70.3 Å². The van der Waals surface area contributed by atoms with Gasteiger partial charge in [-0.05, 0) is 45.6 Å². The van der Waals surface area contributed by atoms with Gasteiger partial charge in [-0.3, -0.25) is 18.5 Å². The fraction of sp³-hybridized carbons (Fsp3) is 0.263. The van der Waals surface area contributed by atoms with E-state index >= 15 is 0 Å². The van der Waals surface area contributed by atoms with E-state index in [-0.39, 0.29) is 12.1 Å².